The first-order chi connectivity index (χ1) is 12.0. The van der Waals surface area contributed by atoms with Crippen LogP contribution in [0.25, 0.3) is 0 Å². The summed E-state index contributed by atoms with van der Waals surface area (Å²) in [6.07, 6.45) is 0. The molecule has 8 nitrogen and oxygen atoms in total. The Morgan fingerprint density at radius 2 is 1.80 bits per heavy atom. The third-order valence-corrected chi connectivity index (χ3v) is 3.81. The molecule has 2 N–H and O–H groups in total. The van der Waals surface area contributed by atoms with Gasteiger partial charge in [0.2, 0.25) is 5.75 Å². The number of carbonyl (C=O) groups is 2. The zero-order chi connectivity index (χ0) is 18.6. The van der Waals surface area contributed by atoms with Crippen LogP contribution in [0.2, 0.25) is 0 Å². The zero-order valence-corrected chi connectivity index (χ0v) is 14.9. The van der Waals surface area contributed by atoms with Gasteiger partial charge in [0.25, 0.3) is 0 Å². The minimum Gasteiger partial charge on any atom is -0.493 e. The second-order valence-electron chi connectivity index (χ2n) is 5.21. The van der Waals surface area contributed by atoms with E-state index in [-0.39, 0.29) is 6.61 Å². The molecule has 1 aliphatic rings. The van der Waals surface area contributed by atoms with Crippen molar-refractivity contribution in [1.29, 1.82) is 0 Å². The van der Waals surface area contributed by atoms with E-state index in [1.807, 2.05) is 0 Å². The van der Waals surface area contributed by atoms with Crippen molar-refractivity contribution in [2.75, 3.05) is 27.9 Å². The molecule has 1 aromatic rings. The van der Waals surface area contributed by atoms with Crippen LogP contribution >= 0.6 is 0 Å². The number of ether oxygens (including phenoxy) is 4. The van der Waals surface area contributed by atoms with Crippen molar-refractivity contribution in [1.82, 2.24) is 10.6 Å². The molecule has 136 valence electrons. The van der Waals surface area contributed by atoms with Gasteiger partial charge in [0, 0.05) is 11.3 Å². The Hall–Kier alpha value is -2.90. The van der Waals surface area contributed by atoms with E-state index in [9.17, 15) is 9.59 Å². The number of amides is 2. The molecule has 0 bridgehead atoms. The summed E-state index contributed by atoms with van der Waals surface area (Å²) in [7, 11) is 4.47. The van der Waals surface area contributed by atoms with Crippen molar-refractivity contribution in [2.45, 2.75) is 19.9 Å². The van der Waals surface area contributed by atoms with Crippen LogP contribution in [-0.4, -0.2) is 39.9 Å². The van der Waals surface area contributed by atoms with Crippen molar-refractivity contribution >= 4 is 12.0 Å². The Morgan fingerprint density at radius 3 is 2.36 bits per heavy atom. The Kier molecular flexibility index (Phi) is 5.74. The lowest BCUT2D eigenvalue weighted by Gasteiger charge is -2.29. The Morgan fingerprint density at radius 1 is 1.12 bits per heavy atom. The fourth-order valence-corrected chi connectivity index (χ4v) is 2.76. The molecule has 2 rings (SSSR count). The van der Waals surface area contributed by atoms with E-state index in [1.165, 1.54) is 21.3 Å². The summed E-state index contributed by atoms with van der Waals surface area (Å²) in [5.74, 6) is 0.691. The lowest BCUT2D eigenvalue weighted by molar-refractivity contribution is -0.139. The van der Waals surface area contributed by atoms with Gasteiger partial charge in [-0.15, -0.1) is 0 Å². The predicted molar refractivity (Wildman–Crippen MR) is 89.8 cm³/mol. The second-order valence-corrected chi connectivity index (χ2v) is 5.21. The van der Waals surface area contributed by atoms with Gasteiger partial charge >= 0.3 is 12.0 Å². The van der Waals surface area contributed by atoms with Gasteiger partial charge in [-0.2, -0.15) is 0 Å². The minimum absolute atomic E-state index is 0.222. The van der Waals surface area contributed by atoms with E-state index in [0.717, 1.165) is 0 Å². The third-order valence-electron chi connectivity index (χ3n) is 3.81. The maximum absolute atomic E-state index is 12.4. The fraction of sp³-hybridized carbons (Fsp3) is 0.412. The van der Waals surface area contributed by atoms with Crippen LogP contribution < -0.4 is 24.8 Å². The van der Waals surface area contributed by atoms with Crippen LogP contribution in [0.5, 0.6) is 17.2 Å². The summed E-state index contributed by atoms with van der Waals surface area (Å²) in [6.45, 7) is 3.58. The van der Waals surface area contributed by atoms with Crippen molar-refractivity contribution in [3.05, 3.63) is 29.0 Å². The fourth-order valence-electron chi connectivity index (χ4n) is 2.76. The minimum atomic E-state index is -0.748. The van der Waals surface area contributed by atoms with E-state index < -0.39 is 18.0 Å². The molecule has 1 heterocycles. The van der Waals surface area contributed by atoms with Crippen LogP contribution in [0.1, 0.15) is 25.5 Å². The highest BCUT2D eigenvalue weighted by Crippen LogP contribution is 2.44. The lowest BCUT2D eigenvalue weighted by Crippen LogP contribution is -2.45. The highest BCUT2D eigenvalue weighted by atomic mass is 16.5. The molecular formula is C17H22N2O6. The Bertz CT molecular complexity index is 713. The smallest absolute Gasteiger partial charge is 0.338 e. The summed E-state index contributed by atoms with van der Waals surface area (Å²) in [6, 6.07) is 2.22. The summed E-state index contributed by atoms with van der Waals surface area (Å²) in [5.41, 5.74) is 1.27. The first-order valence-corrected chi connectivity index (χ1v) is 7.72. The van der Waals surface area contributed by atoms with E-state index >= 15 is 0 Å². The maximum Gasteiger partial charge on any atom is 0.338 e. The van der Waals surface area contributed by atoms with Crippen LogP contribution in [0, 0.1) is 0 Å². The molecule has 1 aliphatic heterocycles. The van der Waals surface area contributed by atoms with Gasteiger partial charge in [-0.3, -0.25) is 0 Å². The molecule has 0 radical (unpaired) electrons. The number of methoxy groups -OCH3 is 3. The number of hydrogen-bond acceptors (Lipinski definition) is 6. The van der Waals surface area contributed by atoms with Gasteiger partial charge in [0.15, 0.2) is 11.5 Å². The number of allylic oxidation sites excluding steroid dienone is 1. The van der Waals surface area contributed by atoms with Gasteiger partial charge in [-0.25, -0.2) is 9.59 Å². The molecule has 8 heteroatoms. The lowest BCUT2D eigenvalue weighted by atomic mass is 9.94. The zero-order valence-electron chi connectivity index (χ0n) is 14.9. The van der Waals surface area contributed by atoms with E-state index in [0.29, 0.717) is 34.1 Å². The molecule has 0 aromatic heterocycles. The largest absolute Gasteiger partial charge is 0.493 e. The summed E-state index contributed by atoms with van der Waals surface area (Å²) in [5, 5.41) is 5.32. The highest BCUT2D eigenvalue weighted by Gasteiger charge is 2.35. The number of carbonyl (C=O) groups excluding carboxylic acids is 2. The molecule has 0 fully saturated rings. The number of nitrogens with one attached hydrogen (secondary N) is 2. The van der Waals surface area contributed by atoms with E-state index in [2.05, 4.69) is 10.6 Å². The molecule has 0 spiro atoms. The number of esters is 1. The van der Waals surface area contributed by atoms with Gasteiger partial charge in [0.05, 0.1) is 39.6 Å². The molecule has 0 saturated carbocycles. The molecule has 0 aliphatic carbocycles. The van der Waals surface area contributed by atoms with E-state index in [1.54, 1.807) is 26.0 Å². The molecule has 1 unspecified atom stereocenters. The molecule has 25 heavy (non-hydrogen) atoms. The topological polar surface area (TPSA) is 95.1 Å². The molecule has 1 atom stereocenters. The summed E-state index contributed by atoms with van der Waals surface area (Å²) in [4.78, 5) is 24.4. The number of urea groups is 1. The van der Waals surface area contributed by atoms with Crippen molar-refractivity contribution in [3.63, 3.8) is 0 Å². The SMILES string of the molecule is CCOC(=O)C1=C(C)NC(=O)NC1c1ccc(OC)c(OC)c1OC. The van der Waals surface area contributed by atoms with Crippen molar-refractivity contribution in [2.24, 2.45) is 0 Å². The highest BCUT2D eigenvalue weighted by molar-refractivity contribution is 5.95. The van der Waals surface area contributed by atoms with Crippen LogP contribution in [0.15, 0.2) is 23.4 Å². The predicted octanol–water partition coefficient (Wildman–Crippen LogP) is 1.90. The van der Waals surface area contributed by atoms with Gasteiger partial charge in [-0.1, -0.05) is 0 Å². The Labute approximate surface area is 146 Å². The standard InChI is InChI=1S/C17H22N2O6/c1-6-25-16(20)12-9(2)18-17(21)19-13(12)10-7-8-11(22-3)15(24-5)14(10)23-4/h7-8,13H,6H2,1-5H3,(H2,18,19,21). The number of benzene rings is 1. The normalized spacial score (nSPS) is 16.7. The maximum atomic E-state index is 12.4. The third kappa shape index (κ3) is 3.47. The average molecular weight is 350 g/mol. The first-order valence-electron chi connectivity index (χ1n) is 7.72. The Balaban J connectivity index is 2.63. The first kappa shape index (κ1) is 18.4. The monoisotopic (exact) mass is 350 g/mol. The van der Waals surface area contributed by atoms with E-state index in [4.69, 9.17) is 18.9 Å². The van der Waals surface area contributed by atoms with Gasteiger partial charge in [-0.05, 0) is 26.0 Å². The average Bonchev–Trinajstić information content (AvgIpc) is 2.59. The molecule has 2 amide bonds. The molecule has 0 saturated heterocycles. The molecule has 1 aromatic carbocycles. The summed E-state index contributed by atoms with van der Waals surface area (Å²) < 4.78 is 21.2. The number of hydrogen-bond donors (Lipinski definition) is 2. The quantitative estimate of drug-likeness (QED) is 0.761. The van der Waals surface area contributed by atoms with Crippen LogP contribution in [-0.2, 0) is 9.53 Å². The van der Waals surface area contributed by atoms with Crippen molar-refractivity contribution in [3.8, 4) is 17.2 Å². The van der Waals surface area contributed by atoms with Gasteiger partial charge < -0.3 is 29.6 Å². The second kappa shape index (κ2) is 7.78. The van der Waals surface area contributed by atoms with Crippen LogP contribution in [0.3, 0.4) is 0 Å². The van der Waals surface area contributed by atoms with Crippen LogP contribution in [0.4, 0.5) is 4.79 Å². The molecular weight excluding hydrogens is 328 g/mol. The number of rotatable bonds is 6. The summed E-state index contributed by atoms with van der Waals surface area (Å²) >= 11 is 0. The van der Waals surface area contributed by atoms with Gasteiger partial charge in [0.1, 0.15) is 0 Å². The van der Waals surface area contributed by atoms with Crippen molar-refractivity contribution < 1.29 is 28.5 Å².